The second-order valence-corrected chi connectivity index (χ2v) is 7.41. The summed E-state index contributed by atoms with van der Waals surface area (Å²) in [6.07, 6.45) is 3.56. The maximum atomic E-state index is 12.4. The van der Waals surface area contributed by atoms with E-state index in [9.17, 15) is 9.90 Å². The summed E-state index contributed by atoms with van der Waals surface area (Å²) in [5.41, 5.74) is 1.88. The van der Waals surface area contributed by atoms with Gasteiger partial charge in [-0.05, 0) is 49.7 Å². The first-order valence-electron chi connectivity index (χ1n) is 10.1. The third-order valence-electron chi connectivity index (χ3n) is 4.84. The Bertz CT molecular complexity index is 1200. The average molecular weight is 405 g/mol. The summed E-state index contributed by atoms with van der Waals surface area (Å²) in [7, 11) is 1.73. The van der Waals surface area contributed by atoms with Crippen LogP contribution in [0.4, 0.5) is 0 Å². The Balaban J connectivity index is 0.00000124. The van der Waals surface area contributed by atoms with E-state index in [0.29, 0.717) is 11.3 Å². The van der Waals surface area contributed by atoms with Crippen LogP contribution in [0, 0.1) is 0 Å². The Hall–Kier alpha value is -3.31. The number of nitrogens with zero attached hydrogens (tertiary/aromatic N) is 1. The van der Waals surface area contributed by atoms with Gasteiger partial charge in [0.25, 0.3) is 5.56 Å². The van der Waals surface area contributed by atoms with Gasteiger partial charge in [0.15, 0.2) is 0 Å². The second kappa shape index (κ2) is 8.59. The molecule has 0 saturated heterocycles. The minimum Gasteiger partial charge on any atom is -0.457 e. The smallest absolute Gasteiger partial charge is 0.274 e. The van der Waals surface area contributed by atoms with E-state index in [-0.39, 0.29) is 5.56 Å². The number of benzene rings is 2. The Morgan fingerprint density at radius 1 is 1.00 bits per heavy atom. The van der Waals surface area contributed by atoms with Crippen LogP contribution in [0.25, 0.3) is 22.0 Å². The molecule has 0 aliphatic heterocycles. The molecule has 0 bridgehead atoms. The maximum Gasteiger partial charge on any atom is 0.274 e. The first kappa shape index (κ1) is 21.4. The van der Waals surface area contributed by atoms with Crippen LogP contribution in [-0.2, 0) is 12.6 Å². The molecule has 0 fully saturated rings. The van der Waals surface area contributed by atoms with Crippen LogP contribution in [-0.4, -0.2) is 14.7 Å². The number of H-pyrrole nitrogens is 1. The lowest BCUT2D eigenvalue weighted by Gasteiger charge is -2.21. The molecule has 0 unspecified atom stereocenters. The van der Waals surface area contributed by atoms with Crippen LogP contribution in [0.2, 0.25) is 0 Å². The normalized spacial score (nSPS) is 11.1. The average Bonchev–Trinajstić information content (AvgIpc) is 3.23. The Labute approximate surface area is 176 Å². The number of fused-ring (bicyclic) bond motifs is 1. The third kappa shape index (κ3) is 4.16. The highest BCUT2D eigenvalue weighted by molar-refractivity contribution is 5.96. The highest BCUT2D eigenvalue weighted by Gasteiger charge is 2.21. The van der Waals surface area contributed by atoms with Crippen molar-refractivity contribution in [2.75, 3.05) is 0 Å². The number of rotatable bonds is 4. The van der Waals surface area contributed by atoms with Gasteiger partial charge in [-0.15, -0.1) is 0 Å². The molecule has 2 aromatic carbocycles. The number of hydrogen-bond acceptors (Lipinski definition) is 3. The van der Waals surface area contributed by atoms with Gasteiger partial charge in [-0.1, -0.05) is 38.1 Å². The summed E-state index contributed by atoms with van der Waals surface area (Å²) in [5.74, 6) is 1.37. The van der Waals surface area contributed by atoms with Crippen LogP contribution >= 0.6 is 0 Å². The van der Waals surface area contributed by atoms with Crippen molar-refractivity contribution < 1.29 is 9.84 Å². The molecular weight excluding hydrogens is 376 g/mol. The van der Waals surface area contributed by atoms with Gasteiger partial charge in [-0.3, -0.25) is 4.79 Å². The molecule has 0 aliphatic rings. The van der Waals surface area contributed by atoms with Gasteiger partial charge < -0.3 is 19.4 Å². The van der Waals surface area contributed by atoms with Crippen molar-refractivity contribution in [1.29, 1.82) is 0 Å². The van der Waals surface area contributed by atoms with Crippen molar-refractivity contribution >= 4 is 10.9 Å². The van der Waals surface area contributed by atoms with Gasteiger partial charge >= 0.3 is 0 Å². The van der Waals surface area contributed by atoms with Crippen LogP contribution in [0.1, 0.15) is 33.3 Å². The predicted molar refractivity (Wildman–Crippen MR) is 122 cm³/mol. The summed E-state index contributed by atoms with van der Waals surface area (Å²) >= 11 is 0. The highest BCUT2D eigenvalue weighted by Crippen LogP contribution is 2.38. The molecule has 30 heavy (non-hydrogen) atoms. The lowest BCUT2D eigenvalue weighted by Crippen LogP contribution is -2.17. The van der Waals surface area contributed by atoms with E-state index in [1.807, 2.05) is 68.4 Å². The van der Waals surface area contributed by atoms with Crippen molar-refractivity contribution in [1.82, 2.24) is 9.55 Å². The molecule has 0 radical (unpaired) electrons. The molecule has 5 nitrogen and oxygen atoms in total. The summed E-state index contributed by atoms with van der Waals surface area (Å²) in [6, 6.07) is 17.1. The van der Waals surface area contributed by atoms with E-state index in [2.05, 4.69) is 4.98 Å². The molecule has 156 valence electrons. The van der Waals surface area contributed by atoms with Crippen LogP contribution in [0.3, 0.4) is 0 Å². The zero-order chi connectivity index (χ0) is 21.9. The molecule has 2 heterocycles. The van der Waals surface area contributed by atoms with Crippen molar-refractivity contribution in [2.45, 2.75) is 33.3 Å². The summed E-state index contributed by atoms with van der Waals surface area (Å²) in [4.78, 5) is 15.5. The van der Waals surface area contributed by atoms with Crippen LogP contribution in [0.5, 0.6) is 11.5 Å². The van der Waals surface area contributed by atoms with Gasteiger partial charge in [0.2, 0.25) is 0 Å². The summed E-state index contributed by atoms with van der Waals surface area (Å²) in [5, 5.41) is 11.3. The standard InChI is InChI=1S/C23H22N2O3.C2H6/c1-23(2,27)15-9-10-20(28-16-7-5-4-6-8-16)18(13-15)19-14-25(3)22(26)21-17(19)11-12-24-21;1-2/h4-14,24,27H,1-3H3;1-2H3. The number of para-hydroxylation sites is 1. The van der Waals surface area contributed by atoms with Gasteiger partial charge in [0, 0.05) is 36.0 Å². The minimum atomic E-state index is -1.00. The van der Waals surface area contributed by atoms with Crippen molar-refractivity contribution in [2.24, 2.45) is 7.05 Å². The topological polar surface area (TPSA) is 67.2 Å². The fraction of sp³-hybridized carbons (Fsp3) is 0.240. The first-order valence-corrected chi connectivity index (χ1v) is 10.1. The molecule has 0 atom stereocenters. The number of aryl methyl sites for hydroxylation is 1. The van der Waals surface area contributed by atoms with E-state index in [4.69, 9.17) is 4.74 Å². The number of ether oxygens (including phenoxy) is 1. The van der Waals surface area contributed by atoms with E-state index in [1.54, 1.807) is 37.9 Å². The molecule has 0 aliphatic carbocycles. The number of pyridine rings is 1. The van der Waals surface area contributed by atoms with Crippen LogP contribution in [0.15, 0.2) is 71.8 Å². The van der Waals surface area contributed by atoms with Gasteiger partial charge in [-0.2, -0.15) is 0 Å². The van der Waals surface area contributed by atoms with E-state index < -0.39 is 5.60 Å². The number of hydrogen-bond donors (Lipinski definition) is 2. The van der Waals surface area contributed by atoms with E-state index in [0.717, 1.165) is 27.8 Å². The zero-order valence-corrected chi connectivity index (χ0v) is 18.1. The van der Waals surface area contributed by atoms with Gasteiger partial charge in [0.1, 0.15) is 17.0 Å². The SMILES string of the molecule is CC.Cn1cc(-c2cc(C(C)(C)O)ccc2Oc2ccccc2)c2cc[nH]c2c1=O. The van der Waals surface area contributed by atoms with Crippen molar-refractivity contribution in [3.63, 3.8) is 0 Å². The Morgan fingerprint density at radius 2 is 1.70 bits per heavy atom. The molecule has 2 N–H and O–H groups in total. The molecule has 4 aromatic rings. The van der Waals surface area contributed by atoms with Crippen molar-refractivity contribution in [3.8, 4) is 22.6 Å². The quantitative estimate of drug-likeness (QED) is 0.467. The predicted octanol–water partition coefficient (Wildman–Crippen LogP) is 5.58. The van der Waals surface area contributed by atoms with Crippen LogP contribution < -0.4 is 10.3 Å². The molecule has 4 rings (SSSR count). The van der Waals surface area contributed by atoms with Crippen molar-refractivity contribution in [3.05, 3.63) is 82.9 Å². The Morgan fingerprint density at radius 3 is 2.37 bits per heavy atom. The van der Waals surface area contributed by atoms with E-state index in [1.165, 1.54) is 0 Å². The molecule has 0 amide bonds. The molecule has 0 saturated carbocycles. The Kier molecular flexibility index (Phi) is 6.13. The monoisotopic (exact) mass is 404 g/mol. The number of nitrogens with one attached hydrogen (secondary N) is 1. The number of aromatic amines is 1. The molecule has 5 heteroatoms. The summed E-state index contributed by atoms with van der Waals surface area (Å²) in [6.45, 7) is 7.49. The lowest BCUT2D eigenvalue weighted by atomic mass is 9.93. The summed E-state index contributed by atoms with van der Waals surface area (Å²) < 4.78 is 7.70. The van der Waals surface area contributed by atoms with Gasteiger partial charge in [0.05, 0.1) is 5.60 Å². The molecular formula is C25H28N2O3. The first-order chi connectivity index (χ1) is 14.3. The molecule has 0 spiro atoms. The number of aliphatic hydroxyl groups is 1. The minimum absolute atomic E-state index is 0.0899. The van der Waals surface area contributed by atoms with Gasteiger partial charge in [-0.25, -0.2) is 0 Å². The van der Waals surface area contributed by atoms with E-state index >= 15 is 0 Å². The lowest BCUT2D eigenvalue weighted by molar-refractivity contribution is 0.0786. The maximum absolute atomic E-state index is 12.4. The number of aromatic nitrogens is 2. The highest BCUT2D eigenvalue weighted by atomic mass is 16.5. The second-order valence-electron chi connectivity index (χ2n) is 7.41. The zero-order valence-electron chi connectivity index (χ0n) is 18.1. The fourth-order valence-electron chi connectivity index (χ4n) is 3.31. The largest absolute Gasteiger partial charge is 0.457 e. The fourth-order valence-corrected chi connectivity index (χ4v) is 3.31. The molecule has 2 aromatic heterocycles. The third-order valence-corrected chi connectivity index (χ3v) is 4.84.